The molecule has 0 saturated carbocycles. The van der Waals surface area contributed by atoms with E-state index < -0.39 is 0 Å². The van der Waals surface area contributed by atoms with Crippen LogP contribution in [0.15, 0.2) is 12.2 Å². The first-order chi connectivity index (χ1) is 7.59. The summed E-state index contributed by atoms with van der Waals surface area (Å²) < 4.78 is 15.9. The minimum atomic E-state index is -0.367. The molecule has 0 aromatic rings. The Kier molecular flexibility index (Phi) is 5.49. The molecule has 0 bridgehead atoms. The van der Waals surface area contributed by atoms with Crippen LogP contribution in [0, 0.1) is 0 Å². The van der Waals surface area contributed by atoms with Gasteiger partial charge in [0.05, 0.1) is 19.3 Å². The van der Waals surface area contributed by atoms with Crippen molar-refractivity contribution in [2.75, 3.05) is 19.8 Å². The number of ether oxygens (including phenoxy) is 3. The Morgan fingerprint density at radius 3 is 2.94 bits per heavy atom. The topological polar surface area (TPSA) is 44.8 Å². The van der Waals surface area contributed by atoms with Crippen molar-refractivity contribution in [3.05, 3.63) is 12.2 Å². The molecule has 1 heterocycles. The fourth-order valence-electron chi connectivity index (χ4n) is 1.46. The summed E-state index contributed by atoms with van der Waals surface area (Å²) in [5.41, 5.74) is 0.408. The van der Waals surface area contributed by atoms with Crippen molar-refractivity contribution in [3.8, 4) is 0 Å². The molecule has 0 aliphatic carbocycles. The Labute approximate surface area is 96.6 Å². The standard InChI is InChI=1S/C12H20O4/c1-9(2)12(13)16-10(3)7-14-8-11-5-4-6-15-11/h10-11H,1,4-8H2,2-3H3. The highest BCUT2D eigenvalue weighted by Crippen LogP contribution is 2.12. The number of carbonyl (C=O) groups is 1. The maximum absolute atomic E-state index is 11.2. The molecule has 0 amide bonds. The molecule has 1 rings (SSSR count). The van der Waals surface area contributed by atoms with Crippen molar-refractivity contribution >= 4 is 5.97 Å². The highest BCUT2D eigenvalue weighted by Gasteiger charge is 2.16. The Morgan fingerprint density at radius 1 is 1.62 bits per heavy atom. The van der Waals surface area contributed by atoms with E-state index in [1.807, 2.05) is 0 Å². The van der Waals surface area contributed by atoms with E-state index in [2.05, 4.69) is 6.58 Å². The Morgan fingerprint density at radius 2 is 2.38 bits per heavy atom. The van der Waals surface area contributed by atoms with Crippen LogP contribution in [-0.2, 0) is 19.0 Å². The lowest BCUT2D eigenvalue weighted by molar-refractivity contribution is -0.146. The van der Waals surface area contributed by atoms with Crippen LogP contribution in [0.1, 0.15) is 26.7 Å². The van der Waals surface area contributed by atoms with Crippen LogP contribution in [-0.4, -0.2) is 38.0 Å². The van der Waals surface area contributed by atoms with Gasteiger partial charge in [0, 0.05) is 12.2 Å². The second kappa shape index (κ2) is 6.66. The minimum Gasteiger partial charge on any atom is -0.457 e. The summed E-state index contributed by atoms with van der Waals surface area (Å²) in [7, 11) is 0. The highest BCUT2D eigenvalue weighted by atomic mass is 16.6. The van der Waals surface area contributed by atoms with Crippen molar-refractivity contribution in [1.82, 2.24) is 0 Å². The molecule has 0 aromatic carbocycles. The van der Waals surface area contributed by atoms with Crippen molar-refractivity contribution in [3.63, 3.8) is 0 Å². The van der Waals surface area contributed by atoms with Gasteiger partial charge in [-0.15, -0.1) is 0 Å². The van der Waals surface area contributed by atoms with Gasteiger partial charge >= 0.3 is 5.97 Å². The molecule has 16 heavy (non-hydrogen) atoms. The smallest absolute Gasteiger partial charge is 0.333 e. The van der Waals surface area contributed by atoms with E-state index in [1.54, 1.807) is 13.8 Å². The molecule has 92 valence electrons. The van der Waals surface area contributed by atoms with Gasteiger partial charge in [-0.25, -0.2) is 4.79 Å². The van der Waals surface area contributed by atoms with Crippen molar-refractivity contribution in [2.24, 2.45) is 0 Å². The monoisotopic (exact) mass is 228 g/mol. The second-order valence-electron chi connectivity index (χ2n) is 4.17. The lowest BCUT2D eigenvalue weighted by atomic mass is 10.2. The highest BCUT2D eigenvalue weighted by molar-refractivity contribution is 5.87. The first-order valence-electron chi connectivity index (χ1n) is 5.65. The van der Waals surface area contributed by atoms with Crippen LogP contribution in [0.25, 0.3) is 0 Å². The summed E-state index contributed by atoms with van der Waals surface area (Å²) in [6.07, 6.45) is 2.13. The average Bonchev–Trinajstić information content (AvgIpc) is 2.70. The maximum Gasteiger partial charge on any atom is 0.333 e. The zero-order valence-electron chi connectivity index (χ0n) is 10.0. The summed E-state index contributed by atoms with van der Waals surface area (Å²) in [6.45, 7) is 8.75. The lowest BCUT2D eigenvalue weighted by Crippen LogP contribution is -2.23. The van der Waals surface area contributed by atoms with E-state index in [0.717, 1.165) is 19.4 Å². The van der Waals surface area contributed by atoms with Gasteiger partial charge in [0.2, 0.25) is 0 Å². The second-order valence-corrected chi connectivity index (χ2v) is 4.17. The molecule has 1 aliphatic rings. The molecule has 0 N–H and O–H groups in total. The van der Waals surface area contributed by atoms with Gasteiger partial charge in [0.1, 0.15) is 6.10 Å². The number of carbonyl (C=O) groups excluding carboxylic acids is 1. The SMILES string of the molecule is C=C(C)C(=O)OC(C)COCC1CCCO1. The molecule has 0 aromatic heterocycles. The number of hydrogen-bond acceptors (Lipinski definition) is 4. The van der Waals surface area contributed by atoms with Crippen LogP contribution >= 0.6 is 0 Å². The van der Waals surface area contributed by atoms with Crippen molar-refractivity contribution in [2.45, 2.75) is 38.9 Å². The van der Waals surface area contributed by atoms with Gasteiger partial charge in [-0.3, -0.25) is 0 Å². The van der Waals surface area contributed by atoms with Crippen molar-refractivity contribution < 1.29 is 19.0 Å². The number of rotatable bonds is 6. The summed E-state index contributed by atoms with van der Waals surface area (Å²) in [6, 6.07) is 0. The third kappa shape index (κ3) is 4.77. The third-order valence-corrected chi connectivity index (χ3v) is 2.34. The minimum absolute atomic E-state index is 0.212. The Bertz CT molecular complexity index is 243. The van der Waals surface area contributed by atoms with Crippen LogP contribution < -0.4 is 0 Å². The molecular weight excluding hydrogens is 208 g/mol. The Balaban J connectivity index is 2.07. The lowest BCUT2D eigenvalue weighted by Gasteiger charge is -2.15. The van der Waals surface area contributed by atoms with Crippen LogP contribution in [0.2, 0.25) is 0 Å². The van der Waals surface area contributed by atoms with Gasteiger partial charge in [-0.05, 0) is 26.7 Å². The molecule has 1 aliphatic heterocycles. The molecule has 4 nitrogen and oxygen atoms in total. The molecular formula is C12H20O4. The van der Waals surface area contributed by atoms with Gasteiger partial charge in [0.15, 0.2) is 0 Å². The molecule has 2 unspecified atom stereocenters. The predicted octanol–water partition coefficient (Wildman–Crippen LogP) is 1.69. The van der Waals surface area contributed by atoms with E-state index >= 15 is 0 Å². The average molecular weight is 228 g/mol. The quantitative estimate of drug-likeness (QED) is 0.512. The fourth-order valence-corrected chi connectivity index (χ4v) is 1.46. The van der Waals surface area contributed by atoms with Gasteiger partial charge in [0.25, 0.3) is 0 Å². The summed E-state index contributed by atoms with van der Waals surface area (Å²) in [5.74, 6) is -0.367. The van der Waals surface area contributed by atoms with Gasteiger partial charge in [-0.1, -0.05) is 6.58 Å². The zero-order valence-corrected chi connectivity index (χ0v) is 10.0. The third-order valence-electron chi connectivity index (χ3n) is 2.34. The normalized spacial score (nSPS) is 21.8. The maximum atomic E-state index is 11.2. The number of esters is 1. The van der Waals surface area contributed by atoms with E-state index in [4.69, 9.17) is 14.2 Å². The van der Waals surface area contributed by atoms with E-state index in [1.165, 1.54) is 0 Å². The first-order valence-corrected chi connectivity index (χ1v) is 5.65. The first kappa shape index (κ1) is 13.2. The molecule has 0 spiro atoms. The van der Waals surface area contributed by atoms with E-state index in [0.29, 0.717) is 18.8 Å². The molecule has 1 saturated heterocycles. The van der Waals surface area contributed by atoms with Crippen LogP contribution in [0.4, 0.5) is 0 Å². The van der Waals surface area contributed by atoms with Gasteiger partial charge in [-0.2, -0.15) is 0 Å². The molecule has 0 radical (unpaired) electrons. The Hall–Kier alpha value is -0.870. The number of hydrogen-bond donors (Lipinski definition) is 0. The van der Waals surface area contributed by atoms with Crippen LogP contribution in [0.3, 0.4) is 0 Å². The fraction of sp³-hybridized carbons (Fsp3) is 0.750. The summed E-state index contributed by atoms with van der Waals surface area (Å²) >= 11 is 0. The summed E-state index contributed by atoms with van der Waals surface area (Å²) in [5, 5.41) is 0. The molecule has 2 atom stereocenters. The molecule has 4 heteroatoms. The van der Waals surface area contributed by atoms with Gasteiger partial charge < -0.3 is 14.2 Å². The largest absolute Gasteiger partial charge is 0.457 e. The summed E-state index contributed by atoms with van der Waals surface area (Å²) in [4.78, 5) is 11.2. The zero-order chi connectivity index (χ0) is 12.0. The van der Waals surface area contributed by atoms with Crippen LogP contribution in [0.5, 0.6) is 0 Å². The van der Waals surface area contributed by atoms with E-state index in [-0.39, 0.29) is 18.2 Å². The predicted molar refractivity (Wildman–Crippen MR) is 60.2 cm³/mol. The molecule has 1 fully saturated rings. The van der Waals surface area contributed by atoms with E-state index in [9.17, 15) is 4.79 Å². The van der Waals surface area contributed by atoms with Crippen molar-refractivity contribution in [1.29, 1.82) is 0 Å².